The van der Waals surface area contributed by atoms with E-state index in [1.54, 1.807) is 31.7 Å². The van der Waals surface area contributed by atoms with Crippen molar-refractivity contribution in [1.29, 1.82) is 0 Å². The number of carbonyl (C=O) groups is 1. The fraction of sp³-hybridized carbons (Fsp3) is 0.353. The van der Waals surface area contributed by atoms with E-state index in [-0.39, 0.29) is 12.6 Å². The number of hydrogen-bond acceptors (Lipinski definition) is 4. The van der Waals surface area contributed by atoms with Crippen LogP contribution in [0.3, 0.4) is 0 Å². The van der Waals surface area contributed by atoms with Gasteiger partial charge in [0, 0.05) is 16.1 Å². The molecule has 0 aliphatic rings. The van der Waals surface area contributed by atoms with Crippen LogP contribution >= 0.6 is 11.8 Å². The first-order valence-corrected chi connectivity index (χ1v) is 8.53. The van der Waals surface area contributed by atoms with Gasteiger partial charge in [-0.2, -0.15) is 0 Å². The van der Waals surface area contributed by atoms with Gasteiger partial charge in [0.05, 0.1) is 6.54 Å². The Kier molecular flexibility index (Phi) is 5.38. The fourth-order valence-corrected chi connectivity index (χ4v) is 2.85. The van der Waals surface area contributed by atoms with E-state index in [9.17, 15) is 9.90 Å². The van der Waals surface area contributed by atoms with Crippen LogP contribution in [0.2, 0.25) is 0 Å². The van der Waals surface area contributed by atoms with Crippen molar-refractivity contribution in [2.24, 2.45) is 0 Å². The summed E-state index contributed by atoms with van der Waals surface area (Å²) >= 11 is 1.61. The lowest BCUT2D eigenvalue weighted by Crippen LogP contribution is -2.40. The van der Waals surface area contributed by atoms with Crippen LogP contribution in [0.4, 0.5) is 10.5 Å². The van der Waals surface area contributed by atoms with Crippen molar-refractivity contribution in [1.82, 2.24) is 5.32 Å². The molecule has 1 unspecified atom stereocenters. The molecular formula is C17H22N2O3S. The SMILES string of the molecule is CSc1cccc(NC(=O)NCC(C)(O)c2cc(C)oc2C)c1. The number of nitrogens with one attached hydrogen (secondary N) is 2. The summed E-state index contributed by atoms with van der Waals surface area (Å²) in [5.74, 6) is 1.39. The van der Waals surface area contributed by atoms with Crippen molar-refractivity contribution in [3.63, 3.8) is 0 Å². The highest BCUT2D eigenvalue weighted by atomic mass is 32.2. The average Bonchev–Trinajstić information content (AvgIpc) is 2.85. The van der Waals surface area contributed by atoms with Gasteiger partial charge >= 0.3 is 6.03 Å². The molecule has 0 bridgehead atoms. The van der Waals surface area contributed by atoms with Crippen molar-refractivity contribution in [2.45, 2.75) is 31.3 Å². The Morgan fingerprint density at radius 3 is 2.70 bits per heavy atom. The van der Waals surface area contributed by atoms with E-state index in [4.69, 9.17) is 4.42 Å². The summed E-state index contributed by atoms with van der Waals surface area (Å²) in [5.41, 5.74) is 0.198. The Bertz CT molecular complexity index is 695. The van der Waals surface area contributed by atoms with Gasteiger partial charge in [0.15, 0.2) is 0 Å². The molecule has 0 fully saturated rings. The van der Waals surface area contributed by atoms with E-state index in [0.717, 1.165) is 10.7 Å². The minimum absolute atomic E-state index is 0.0842. The molecule has 23 heavy (non-hydrogen) atoms. The smallest absolute Gasteiger partial charge is 0.319 e. The molecule has 5 nitrogen and oxygen atoms in total. The third-order valence-electron chi connectivity index (χ3n) is 3.54. The Morgan fingerprint density at radius 2 is 2.09 bits per heavy atom. The molecule has 2 aromatic rings. The summed E-state index contributed by atoms with van der Waals surface area (Å²) in [6.45, 7) is 5.36. The van der Waals surface area contributed by atoms with Gasteiger partial charge in [-0.3, -0.25) is 0 Å². The molecule has 6 heteroatoms. The quantitative estimate of drug-likeness (QED) is 0.730. The predicted octanol–water partition coefficient (Wildman–Crippen LogP) is 3.65. The van der Waals surface area contributed by atoms with Crippen LogP contribution in [0.5, 0.6) is 0 Å². The van der Waals surface area contributed by atoms with Crippen LogP contribution in [0.15, 0.2) is 39.6 Å². The summed E-state index contributed by atoms with van der Waals surface area (Å²) in [6, 6.07) is 9.00. The first kappa shape index (κ1) is 17.4. The van der Waals surface area contributed by atoms with E-state index >= 15 is 0 Å². The summed E-state index contributed by atoms with van der Waals surface area (Å²) < 4.78 is 5.44. The summed E-state index contributed by atoms with van der Waals surface area (Å²) in [4.78, 5) is 13.1. The normalized spacial score (nSPS) is 13.4. The maximum atomic E-state index is 12.0. The second kappa shape index (κ2) is 7.10. The molecule has 1 atom stereocenters. The molecule has 2 amide bonds. The van der Waals surface area contributed by atoms with Gasteiger partial charge in [-0.25, -0.2) is 4.79 Å². The first-order chi connectivity index (χ1) is 10.8. The first-order valence-electron chi connectivity index (χ1n) is 7.30. The second-order valence-corrected chi connectivity index (χ2v) is 6.52. The highest BCUT2D eigenvalue weighted by Gasteiger charge is 2.28. The zero-order valence-corrected chi connectivity index (χ0v) is 14.6. The van der Waals surface area contributed by atoms with Gasteiger partial charge in [-0.1, -0.05) is 6.07 Å². The van der Waals surface area contributed by atoms with Gasteiger partial charge in [0.1, 0.15) is 17.1 Å². The lowest BCUT2D eigenvalue weighted by Gasteiger charge is -2.23. The van der Waals surface area contributed by atoms with E-state index in [0.29, 0.717) is 17.0 Å². The monoisotopic (exact) mass is 334 g/mol. The standard InChI is InChI=1S/C17H22N2O3S/c1-11-8-15(12(2)22-11)17(3,21)10-18-16(20)19-13-6-5-7-14(9-13)23-4/h5-9,21H,10H2,1-4H3,(H2,18,19,20). The molecular weight excluding hydrogens is 312 g/mol. The topological polar surface area (TPSA) is 74.5 Å². The third-order valence-corrected chi connectivity index (χ3v) is 4.27. The highest BCUT2D eigenvalue weighted by molar-refractivity contribution is 7.98. The van der Waals surface area contributed by atoms with Crippen LogP contribution in [-0.4, -0.2) is 23.9 Å². The number of carbonyl (C=O) groups excluding carboxylic acids is 1. The number of furan rings is 1. The number of amides is 2. The van der Waals surface area contributed by atoms with Crippen LogP contribution in [-0.2, 0) is 5.60 Å². The molecule has 0 saturated heterocycles. The zero-order chi connectivity index (χ0) is 17.0. The van der Waals surface area contributed by atoms with Crippen LogP contribution in [0.1, 0.15) is 24.0 Å². The largest absolute Gasteiger partial charge is 0.466 e. The van der Waals surface area contributed by atoms with E-state index in [1.807, 2.05) is 37.4 Å². The molecule has 1 aromatic carbocycles. The molecule has 2 rings (SSSR count). The van der Waals surface area contributed by atoms with Crippen LogP contribution in [0, 0.1) is 13.8 Å². The van der Waals surface area contributed by atoms with Crippen molar-refractivity contribution in [2.75, 3.05) is 18.1 Å². The lowest BCUT2D eigenvalue weighted by atomic mass is 9.96. The number of thioether (sulfide) groups is 1. The number of hydrogen-bond donors (Lipinski definition) is 3. The summed E-state index contributed by atoms with van der Waals surface area (Å²) in [7, 11) is 0. The minimum Gasteiger partial charge on any atom is -0.466 e. The zero-order valence-electron chi connectivity index (χ0n) is 13.8. The maximum absolute atomic E-state index is 12.0. The Balaban J connectivity index is 1.96. The number of anilines is 1. The Morgan fingerprint density at radius 1 is 1.35 bits per heavy atom. The number of aliphatic hydroxyl groups is 1. The number of aryl methyl sites for hydroxylation is 2. The fourth-order valence-electron chi connectivity index (χ4n) is 2.39. The molecule has 0 spiro atoms. The number of benzene rings is 1. The molecule has 124 valence electrons. The van der Waals surface area contributed by atoms with E-state index in [2.05, 4.69) is 10.6 Å². The average molecular weight is 334 g/mol. The number of rotatable bonds is 5. The summed E-state index contributed by atoms with van der Waals surface area (Å²) in [5, 5.41) is 16.0. The van der Waals surface area contributed by atoms with Crippen molar-refractivity contribution in [3.8, 4) is 0 Å². The van der Waals surface area contributed by atoms with Crippen LogP contribution < -0.4 is 10.6 Å². The molecule has 0 aliphatic heterocycles. The van der Waals surface area contributed by atoms with Crippen molar-refractivity contribution >= 4 is 23.5 Å². The Hall–Kier alpha value is -1.92. The number of urea groups is 1. The molecule has 0 radical (unpaired) electrons. The molecule has 0 saturated carbocycles. The van der Waals surface area contributed by atoms with Gasteiger partial charge in [0.25, 0.3) is 0 Å². The van der Waals surface area contributed by atoms with Gasteiger partial charge < -0.3 is 20.2 Å². The third kappa shape index (κ3) is 4.53. The van der Waals surface area contributed by atoms with E-state index in [1.165, 1.54) is 0 Å². The van der Waals surface area contributed by atoms with Crippen molar-refractivity contribution < 1.29 is 14.3 Å². The second-order valence-electron chi connectivity index (χ2n) is 5.64. The lowest BCUT2D eigenvalue weighted by molar-refractivity contribution is 0.0584. The minimum atomic E-state index is -1.19. The molecule has 0 aliphatic carbocycles. The molecule has 3 N–H and O–H groups in total. The predicted molar refractivity (Wildman–Crippen MR) is 93.0 cm³/mol. The van der Waals surface area contributed by atoms with Crippen LogP contribution in [0.25, 0.3) is 0 Å². The van der Waals surface area contributed by atoms with Gasteiger partial charge in [0.2, 0.25) is 0 Å². The summed E-state index contributed by atoms with van der Waals surface area (Å²) in [6.07, 6.45) is 1.98. The highest BCUT2D eigenvalue weighted by Crippen LogP contribution is 2.26. The molecule has 1 aromatic heterocycles. The maximum Gasteiger partial charge on any atom is 0.319 e. The Labute approximate surface area is 140 Å². The van der Waals surface area contributed by atoms with Gasteiger partial charge in [-0.05, 0) is 51.3 Å². The van der Waals surface area contributed by atoms with E-state index < -0.39 is 5.60 Å². The molecule has 1 heterocycles. The van der Waals surface area contributed by atoms with Gasteiger partial charge in [-0.15, -0.1) is 11.8 Å². The van der Waals surface area contributed by atoms with Crippen molar-refractivity contribution in [3.05, 3.63) is 47.4 Å².